The van der Waals surface area contributed by atoms with E-state index in [2.05, 4.69) is 4.90 Å². The lowest BCUT2D eigenvalue weighted by Crippen LogP contribution is -2.51. The minimum absolute atomic E-state index is 0.0412. The number of unbranched alkanes of at least 4 members (excludes halogenated alkanes) is 2. The third-order valence-corrected chi connectivity index (χ3v) is 11.6. The van der Waals surface area contributed by atoms with Crippen molar-refractivity contribution in [2.24, 2.45) is 0 Å². The number of piperazine rings is 1. The van der Waals surface area contributed by atoms with Crippen LogP contribution in [-0.2, 0) is 9.53 Å². The van der Waals surface area contributed by atoms with Crippen LogP contribution in [0.1, 0.15) is 60.4 Å². The van der Waals surface area contributed by atoms with E-state index < -0.39 is 24.5 Å². The largest absolute Gasteiger partial charge is 0.493 e. The van der Waals surface area contributed by atoms with Crippen molar-refractivity contribution in [2.45, 2.75) is 56.7 Å². The molecule has 0 aromatic heterocycles. The van der Waals surface area contributed by atoms with Crippen LogP contribution in [0.3, 0.4) is 0 Å². The number of carboxylic acid groups (broad SMARTS) is 1. The number of benzene rings is 3. The monoisotopic (exact) mass is 777 g/mol. The molecule has 3 aromatic carbocycles. The summed E-state index contributed by atoms with van der Waals surface area (Å²) in [5.41, 5.74) is 2.11. The molecular formula is C40H48ClN5O9. The Morgan fingerprint density at radius 3 is 2.36 bits per heavy atom. The SMILES string of the molecule is COc1cc2c(cc1OCCCCCC(=O)N1C[C@@H](CCl)c3c1cc(OC(=O)N1CCN(C)CC1)c1ccccc31)N(C(=O)O)C(OC)[C@@H]1CCCN1C2=O. The Balaban J connectivity index is 1.01. The van der Waals surface area contributed by atoms with Gasteiger partial charge in [0.15, 0.2) is 17.7 Å². The number of carbonyl (C=O) groups excluding carboxylic acids is 3. The zero-order chi connectivity index (χ0) is 38.8. The normalized spacial score (nSPS) is 20.9. The van der Waals surface area contributed by atoms with E-state index in [9.17, 15) is 24.3 Å². The first kappa shape index (κ1) is 38.5. The molecule has 1 N–H and O–H groups in total. The van der Waals surface area contributed by atoms with Gasteiger partial charge in [-0.1, -0.05) is 24.3 Å². The number of nitrogens with zero attached hydrogens (tertiary/aromatic N) is 5. The number of alkyl halides is 1. The van der Waals surface area contributed by atoms with Crippen molar-refractivity contribution in [3.63, 3.8) is 0 Å². The lowest BCUT2D eigenvalue weighted by atomic mass is 9.95. The maximum absolute atomic E-state index is 13.8. The third kappa shape index (κ3) is 7.47. The summed E-state index contributed by atoms with van der Waals surface area (Å²) in [4.78, 5) is 61.6. The van der Waals surface area contributed by atoms with Crippen LogP contribution in [0.4, 0.5) is 21.0 Å². The fourth-order valence-corrected chi connectivity index (χ4v) is 8.60. The first-order chi connectivity index (χ1) is 26.6. The number of methoxy groups -OCH3 is 2. The molecule has 0 spiro atoms. The summed E-state index contributed by atoms with van der Waals surface area (Å²) in [6, 6.07) is 12.3. The van der Waals surface area contributed by atoms with Gasteiger partial charge in [-0.05, 0) is 56.2 Å². The molecule has 0 aliphatic carbocycles. The van der Waals surface area contributed by atoms with Crippen molar-refractivity contribution in [2.75, 3.05) is 82.8 Å². The summed E-state index contributed by atoms with van der Waals surface area (Å²) in [7, 11) is 4.95. The maximum atomic E-state index is 13.8. The van der Waals surface area contributed by atoms with Crippen molar-refractivity contribution in [3.05, 3.63) is 53.6 Å². The average molecular weight is 778 g/mol. The minimum Gasteiger partial charge on any atom is -0.493 e. The first-order valence-corrected chi connectivity index (χ1v) is 19.5. The van der Waals surface area contributed by atoms with Gasteiger partial charge in [-0.15, -0.1) is 11.6 Å². The highest BCUT2D eigenvalue weighted by Crippen LogP contribution is 2.46. The summed E-state index contributed by atoms with van der Waals surface area (Å²) in [6.07, 6.45) is 1.09. The van der Waals surface area contributed by atoms with Gasteiger partial charge in [0.2, 0.25) is 5.91 Å². The molecule has 15 heteroatoms. The van der Waals surface area contributed by atoms with Gasteiger partial charge in [0.25, 0.3) is 5.91 Å². The molecule has 4 amide bonds. The number of anilines is 2. The molecule has 2 fully saturated rings. The Kier molecular flexibility index (Phi) is 11.6. The molecule has 7 rings (SSSR count). The molecule has 3 aromatic rings. The highest BCUT2D eigenvalue weighted by molar-refractivity contribution is 6.19. The number of likely N-dealkylation sites (N-methyl/N-ethyl adjacent to an activating group) is 1. The molecule has 4 aliphatic rings. The van der Waals surface area contributed by atoms with Gasteiger partial charge in [-0.3, -0.25) is 9.59 Å². The van der Waals surface area contributed by atoms with Gasteiger partial charge >= 0.3 is 12.2 Å². The molecule has 294 valence electrons. The Morgan fingerprint density at radius 2 is 1.65 bits per heavy atom. The van der Waals surface area contributed by atoms with Crippen molar-refractivity contribution in [3.8, 4) is 17.2 Å². The quantitative estimate of drug-likeness (QED) is 0.183. The second-order valence-electron chi connectivity index (χ2n) is 14.5. The molecule has 14 nitrogen and oxygen atoms in total. The highest BCUT2D eigenvalue weighted by Gasteiger charge is 2.46. The van der Waals surface area contributed by atoms with Crippen LogP contribution in [0.15, 0.2) is 42.5 Å². The maximum Gasteiger partial charge on any atom is 0.415 e. The molecule has 1 unspecified atom stereocenters. The van der Waals surface area contributed by atoms with Gasteiger partial charge < -0.3 is 43.7 Å². The van der Waals surface area contributed by atoms with Crippen LogP contribution in [-0.4, -0.2) is 129 Å². The number of hydrogen-bond donors (Lipinski definition) is 1. The summed E-state index contributed by atoms with van der Waals surface area (Å²) in [5, 5.41) is 12.0. The second-order valence-corrected chi connectivity index (χ2v) is 14.8. The van der Waals surface area contributed by atoms with Gasteiger partial charge in [0.1, 0.15) is 5.75 Å². The smallest absolute Gasteiger partial charge is 0.415 e. The molecule has 0 radical (unpaired) electrons. The van der Waals surface area contributed by atoms with Crippen molar-refractivity contribution >= 4 is 57.7 Å². The van der Waals surface area contributed by atoms with E-state index in [0.29, 0.717) is 81.4 Å². The number of ether oxygens (including phenoxy) is 4. The fourth-order valence-electron chi connectivity index (χ4n) is 8.35. The summed E-state index contributed by atoms with van der Waals surface area (Å²) in [6.45, 7) is 3.95. The van der Waals surface area contributed by atoms with Crippen molar-refractivity contribution in [1.29, 1.82) is 0 Å². The van der Waals surface area contributed by atoms with E-state index in [0.717, 1.165) is 46.4 Å². The van der Waals surface area contributed by atoms with Crippen molar-refractivity contribution < 1.29 is 43.2 Å². The first-order valence-electron chi connectivity index (χ1n) is 18.9. The lowest BCUT2D eigenvalue weighted by Gasteiger charge is -2.33. The van der Waals surface area contributed by atoms with Gasteiger partial charge in [-0.2, -0.15) is 0 Å². The number of fused-ring (bicyclic) bond motifs is 5. The predicted molar refractivity (Wildman–Crippen MR) is 207 cm³/mol. The van der Waals surface area contributed by atoms with Crippen LogP contribution >= 0.6 is 11.6 Å². The van der Waals surface area contributed by atoms with E-state index in [1.165, 1.54) is 20.3 Å². The molecule has 0 saturated carbocycles. The molecule has 2 saturated heterocycles. The number of rotatable bonds is 11. The van der Waals surface area contributed by atoms with Crippen LogP contribution in [0, 0.1) is 0 Å². The molecule has 4 heterocycles. The Labute approximate surface area is 325 Å². The molecular weight excluding hydrogens is 730 g/mol. The highest BCUT2D eigenvalue weighted by atomic mass is 35.5. The fraction of sp³-hybridized carbons (Fsp3) is 0.500. The van der Waals surface area contributed by atoms with Gasteiger partial charge in [-0.25, -0.2) is 14.5 Å². The standard InChI is InChI=1S/C40H48ClN5O9/c1-42-15-17-43(18-16-42)40(51)55-32-22-31-36(27-11-7-6-10-26(27)32)25(23-41)24-45(31)35(47)13-5-4-8-19-54-34-21-30-28(20-33(34)52-2)37(48)44-14-9-12-29(44)38(53-3)46(30)39(49)50/h6-7,10-11,20-22,25,29,38H,4-5,8-9,12-19,23-24H2,1-3H3,(H,49,50)/t25-,29+,38?/m1/s1. The number of halogens is 1. The summed E-state index contributed by atoms with van der Waals surface area (Å²) >= 11 is 6.48. The molecule has 55 heavy (non-hydrogen) atoms. The predicted octanol–water partition coefficient (Wildman–Crippen LogP) is 5.98. The van der Waals surface area contributed by atoms with Crippen LogP contribution in [0.5, 0.6) is 17.2 Å². The number of hydrogen-bond acceptors (Lipinski definition) is 9. The van der Waals surface area contributed by atoms with Crippen LogP contribution < -0.4 is 24.0 Å². The Morgan fingerprint density at radius 1 is 0.909 bits per heavy atom. The lowest BCUT2D eigenvalue weighted by molar-refractivity contribution is -0.118. The average Bonchev–Trinajstić information content (AvgIpc) is 3.81. The zero-order valence-corrected chi connectivity index (χ0v) is 32.3. The summed E-state index contributed by atoms with van der Waals surface area (Å²) < 4.78 is 23.4. The Hall–Kier alpha value is -4.79. The van der Waals surface area contributed by atoms with E-state index in [1.807, 2.05) is 37.4 Å². The zero-order valence-electron chi connectivity index (χ0n) is 31.5. The van der Waals surface area contributed by atoms with E-state index in [1.54, 1.807) is 20.8 Å². The van der Waals surface area contributed by atoms with Gasteiger partial charge in [0.05, 0.1) is 36.7 Å². The number of carbonyl (C=O) groups is 4. The van der Waals surface area contributed by atoms with E-state index in [4.69, 9.17) is 30.5 Å². The Bertz CT molecular complexity index is 1950. The number of amides is 4. The minimum atomic E-state index is -1.23. The van der Waals surface area contributed by atoms with Crippen LogP contribution in [0.25, 0.3) is 10.8 Å². The topological polar surface area (TPSA) is 142 Å². The third-order valence-electron chi connectivity index (χ3n) is 11.2. The van der Waals surface area contributed by atoms with Gasteiger partial charge in [0, 0.05) is 82.1 Å². The molecule has 4 aliphatic heterocycles. The molecule has 0 bridgehead atoms. The second kappa shape index (κ2) is 16.5. The van der Waals surface area contributed by atoms with Crippen molar-refractivity contribution in [1.82, 2.24) is 14.7 Å². The summed E-state index contributed by atoms with van der Waals surface area (Å²) in [5.74, 6) is 1.01. The van der Waals surface area contributed by atoms with Crippen LogP contribution in [0.2, 0.25) is 0 Å². The molecule has 3 atom stereocenters. The van der Waals surface area contributed by atoms with E-state index in [-0.39, 0.29) is 35.6 Å². The van der Waals surface area contributed by atoms with E-state index >= 15 is 0 Å².